The molecule has 0 saturated heterocycles. The highest BCUT2D eigenvalue weighted by atomic mass is 16.2. The Morgan fingerprint density at radius 2 is 1.29 bits per heavy atom. The Bertz CT molecular complexity index is 583. The summed E-state index contributed by atoms with van der Waals surface area (Å²) in [7, 11) is 0. The summed E-state index contributed by atoms with van der Waals surface area (Å²) in [5.74, 6) is -1.62. The second-order valence-electron chi connectivity index (χ2n) is 5.79. The first kappa shape index (κ1) is 19.3. The van der Waals surface area contributed by atoms with Crippen LogP contribution >= 0.6 is 0 Å². The quantitative estimate of drug-likeness (QED) is 0.714. The van der Waals surface area contributed by atoms with Crippen LogP contribution in [0.4, 0.5) is 0 Å². The molecular formula is C16H21N3O5. The van der Waals surface area contributed by atoms with Gasteiger partial charge in [0.05, 0.1) is 0 Å². The minimum absolute atomic E-state index is 0.00302. The second kappa shape index (κ2) is 8.19. The average molecular weight is 335 g/mol. The highest BCUT2D eigenvalue weighted by molar-refractivity contribution is 6.14. The maximum absolute atomic E-state index is 11.2. The predicted octanol–water partition coefficient (Wildman–Crippen LogP) is -0.244. The lowest BCUT2D eigenvalue weighted by atomic mass is 10.3. The van der Waals surface area contributed by atoms with Gasteiger partial charge in [0.25, 0.3) is 23.6 Å². The molecule has 2 aliphatic rings. The first-order valence-electron chi connectivity index (χ1n) is 7.51. The van der Waals surface area contributed by atoms with E-state index in [1.54, 1.807) is 0 Å². The van der Waals surface area contributed by atoms with Gasteiger partial charge in [-0.2, -0.15) is 0 Å². The van der Waals surface area contributed by atoms with Gasteiger partial charge in [0.1, 0.15) is 6.54 Å². The van der Waals surface area contributed by atoms with Crippen molar-refractivity contribution in [3.05, 3.63) is 24.3 Å². The Hall–Kier alpha value is -2.77. The number of hydrogen-bond acceptors (Lipinski definition) is 5. The lowest BCUT2D eigenvalue weighted by molar-refractivity contribution is -0.141. The van der Waals surface area contributed by atoms with Gasteiger partial charge in [0.15, 0.2) is 0 Å². The summed E-state index contributed by atoms with van der Waals surface area (Å²) in [5.41, 5.74) is 0. The highest BCUT2D eigenvalue weighted by Crippen LogP contribution is 2.07. The van der Waals surface area contributed by atoms with Gasteiger partial charge in [-0.25, -0.2) is 0 Å². The molecule has 2 heterocycles. The van der Waals surface area contributed by atoms with E-state index in [1.165, 1.54) is 17.1 Å². The van der Waals surface area contributed by atoms with E-state index in [0.717, 1.165) is 17.1 Å². The number of nitrogens with one attached hydrogen (secondary N) is 1. The van der Waals surface area contributed by atoms with Gasteiger partial charge in [-0.3, -0.25) is 33.8 Å². The van der Waals surface area contributed by atoms with Crippen LogP contribution in [-0.2, 0) is 24.0 Å². The molecular weight excluding hydrogens is 314 g/mol. The molecule has 8 nitrogen and oxygen atoms in total. The Balaban J connectivity index is 0.000000254. The SMILES string of the molecule is CC(C)N1C(=O)C=CC1=O.CC(C)NC(=O)CN1C(=O)C=CC1=O. The molecule has 130 valence electrons. The molecule has 0 aromatic heterocycles. The van der Waals surface area contributed by atoms with E-state index in [1.807, 2.05) is 27.7 Å². The third kappa shape index (κ3) is 5.15. The fourth-order valence-corrected chi connectivity index (χ4v) is 2.02. The van der Waals surface area contributed by atoms with Gasteiger partial charge in [-0.15, -0.1) is 0 Å². The van der Waals surface area contributed by atoms with Crippen molar-refractivity contribution in [2.45, 2.75) is 39.8 Å². The number of amides is 5. The summed E-state index contributed by atoms with van der Waals surface area (Å²) in [6.45, 7) is 7.03. The Morgan fingerprint density at radius 1 is 0.875 bits per heavy atom. The third-order valence-electron chi connectivity index (χ3n) is 3.01. The van der Waals surface area contributed by atoms with Crippen LogP contribution in [0.15, 0.2) is 24.3 Å². The lowest BCUT2D eigenvalue weighted by Gasteiger charge is -2.17. The van der Waals surface area contributed by atoms with Crippen LogP contribution in [0.3, 0.4) is 0 Å². The molecule has 0 aromatic carbocycles. The molecule has 5 amide bonds. The highest BCUT2D eigenvalue weighted by Gasteiger charge is 2.26. The number of carbonyl (C=O) groups is 5. The topological polar surface area (TPSA) is 104 Å². The zero-order chi connectivity index (χ0) is 18.4. The number of nitrogens with zero attached hydrogens (tertiary/aromatic N) is 2. The minimum Gasteiger partial charge on any atom is -0.352 e. The van der Waals surface area contributed by atoms with E-state index in [2.05, 4.69) is 5.32 Å². The summed E-state index contributed by atoms with van der Waals surface area (Å²) in [5, 5.41) is 2.60. The molecule has 8 heteroatoms. The normalized spacial score (nSPS) is 16.4. The van der Waals surface area contributed by atoms with Gasteiger partial charge in [0, 0.05) is 36.4 Å². The first-order valence-corrected chi connectivity index (χ1v) is 7.51. The van der Waals surface area contributed by atoms with Crippen LogP contribution in [0.2, 0.25) is 0 Å². The Morgan fingerprint density at radius 3 is 1.62 bits per heavy atom. The van der Waals surface area contributed by atoms with E-state index in [9.17, 15) is 24.0 Å². The van der Waals surface area contributed by atoms with Crippen LogP contribution in [-0.4, -0.2) is 58.0 Å². The van der Waals surface area contributed by atoms with Gasteiger partial charge in [-0.1, -0.05) is 0 Å². The van der Waals surface area contributed by atoms with Crippen molar-refractivity contribution in [2.24, 2.45) is 0 Å². The van der Waals surface area contributed by atoms with E-state index < -0.39 is 11.8 Å². The molecule has 24 heavy (non-hydrogen) atoms. The van der Waals surface area contributed by atoms with Crippen LogP contribution in [0.1, 0.15) is 27.7 Å². The molecule has 2 rings (SSSR count). The smallest absolute Gasteiger partial charge is 0.254 e. The summed E-state index contributed by atoms with van der Waals surface area (Å²) in [4.78, 5) is 57.1. The van der Waals surface area contributed by atoms with Crippen LogP contribution in [0, 0.1) is 0 Å². The van der Waals surface area contributed by atoms with Crippen molar-refractivity contribution in [2.75, 3.05) is 6.54 Å². The molecule has 1 N–H and O–H groups in total. The maximum atomic E-state index is 11.2. The average Bonchev–Trinajstić information content (AvgIpc) is 2.95. The summed E-state index contributed by atoms with van der Waals surface area (Å²) in [6.07, 6.45) is 4.90. The van der Waals surface area contributed by atoms with E-state index in [4.69, 9.17) is 0 Å². The minimum atomic E-state index is -0.436. The summed E-state index contributed by atoms with van der Waals surface area (Å²) in [6, 6.07) is -0.0294. The predicted molar refractivity (Wildman–Crippen MR) is 85.3 cm³/mol. The maximum Gasteiger partial charge on any atom is 0.254 e. The van der Waals surface area contributed by atoms with Crippen LogP contribution in [0.5, 0.6) is 0 Å². The zero-order valence-corrected chi connectivity index (χ0v) is 14.1. The summed E-state index contributed by atoms with van der Waals surface area (Å²) < 4.78 is 0. The Kier molecular flexibility index (Phi) is 6.58. The lowest BCUT2D eigenvalue weighted by Crippen LogP contribution is -2.42. The molecule has 0 bridgehead atoms. The number of carbonyl (C=O) groups excluding carboxylic acids is 5. The van der Waals surface area contributed by atoms with Crippen molar-refractivity contribution in [1.29, 1.82) is 0 Å². The molecule has 0 radical (unpaired) electrons. The van der Waals surface area contributed by atoms with E-state index in [0.29, 0.717) is 0 Å². The zero-order valence-electron chi connectivity index (χ0n) is 14.1. The van der Waals surface area contributed by atoms with Gasteiger partial charge in [0.2, 0.25) is 5.91 Å². The van der Waals surface area contributed by atoms with E-state index >= 15 is 0 Å². The molecule has 2 aliphatic heterocycles. The third-order valence-corrected chi connectivity index (χ3v) is 3.01. The second-order valence-corrected chi connectivity index (χ2v) is 5.79. The summed E-state index contributed by atoms with van der Waals surface area (Å²) >= 11 is 0. The Labute approximate surface area is 140 Å². The molecule has 0 atom stereocenters. The number of hydrogen-bond donors (Lipinski definition) is 1. The van der Waals surface area contributed by atoms with Crippen molar-refractivity contribution in [1.82, 2.24) is 15.1 Å². The molecule has 0 fully saturated rings. The van der Waals surface area contributed by atoms with Crippen LogP contribution < -0.4 is 5.32 Å². The van der Waals surface area contributed by atoms with Crippen molar-refractivity contribution >= 4 is 29.5 Å². The van der Waals surface area contributed by atoms with Gasteiger partial charge < -0.3 is 5.32 Å². The van der Waals surface area contributed by atoms with Crippen molar-refractivity contribution < 1.29 is 24.0 Å². The number of rotatable bonds is 4. The molecule has 0 saturated carbocycles. The van der Waals surface area contributed by atoms with Crippen LogP contribution in [0.25, 0.3) is 0 Å². The van der Waals surface area contributed by atoms with E-state index in [-0.39, 0.29) is 36.3 Å². The fourth-order valence-electron chi connectivity index (χ4n) is 2.02. The standard InChI is InChI=1S/C9H12N2O3.C7H9NO2/c1-6(2)10-7(12)5-11-8(13)3-4-9(11)14;1-5(2)8-6(9)3-4-7(8)10/h3-4,6H,5H2,1-2H3,(H,10,12);3-5H,1-2H3. The molecule has 0 aliphatic carbocycles. The van der Waals surface area contributed by atoms with Crippen molar-refractivity contribution in [3.8, 4) is 0 Å². The molecule has 0 aromatic rings. The molecule has 0 unspecified atom stereocenters. The van der Waals surface area contributed by atoms with Crippen molar-refractivity contribution in [3.63, 3.8) is 0 Å². The van der Waals surface area contributed by atoms with Gasteiger partial charge >= 0.3 is 0 Å². The molecule has 0 spiro atoms. The van der Waals surface area contributed by atoms with Gasteiger partial charge in [-0.05, 0) is 27.7 Å². The largest absolute Gasteiger partial charge is 0.352 e. The number of imide groups is 2. The monoisotopic (exact) mass is 335 g/mol. The fraction of sp³-hybridized carbons (Fsp3) is 0.438. The first-order chi connectivity index (χ1) is 11.1.